The molecule has 144 valence electrons. The van der Waals surface area contributed by atoms with E-state index in [0.29, 0.717) is 29.8 Å². The monoisotopic (exact) mass is 381 g/mol. The van der Waals surface area contributed by atoms with E-state index in [1.165, 1.54) is 0 Å². The van der Waals surface area contributed by atoms with Crippen LogP contribution in [0.4, 0.5) is 0 Å². The third-order valence-electron chi connectivity index (χ3n) is 5.20. The number of imide groups is 1. The van der Waals surface area contributed by atoms with Crippen LogP contribution in [-0.4, -0.2) is 56.7 Å². The van der Waals surface area contributed by atoms with E-state index in [9.17, 15) is 19.2 Å². The van der Waals surface area contributed by atoms with Crippen LogP contribution < -0.4 is 5.73 Å². The number of likely N-dealkylation sites (tertiary alicyclic amines) is 1. The summed E-state index contributed by atoms with van der Waals surface area (Å²) in [6.45, 7) is 0.178. The molecule has 0 bridgehead atoms. The van der Waals surface area contributed by atoms with Gasteiger partial charge in [-0.2, -0.15) is 5.10 Å². The molecule has 2 aliphatic rings. The Balaban J connectivity index is 1.54. The van der Waals surface area contributed by atoms with Crippen LogP contribution in [0, 0.1) is 0 Å². The van der Waals surface area contributed by atoms with E-state index in [-0.39, 0.29) is 24.2 Å². The summed E-state index contributed by atoms with van der Waals surface area (Å²) >= 11 is 0. The number of amides is 4. The molecule has 0 saturated carbocycles. The smallest absolute Gasteiger partial charge is 0.269 e. The second kappa shape index (κ2) is 6.91. The summed E-state index contributed by atoms with van der Waals surface area (Å²) in [5.41, 5.74) is 6.60. The largest absolute Gasteiger partial charge is 0.364 e. The number of nitrogens with one attached hydrogen (secondary N) is 1. The van der Waals surface area contributed by atoms with Gasteiger partial charge >= 0.3 is 0 Å². The Morgan fingerprint density at radius 1 is 1.14 bits per heavy atom. The summed E-state index contributed by atoms with van der Waals surface area (Å²) in [6, 6.07) is 7.77. The molecule has 1 unspecified atom stereocenters. The Bertz CT molecular complexity index is 947. The van der Waals surface area contributed by atoms with Crippen molar-refractivity contribution >= 4 is 23.6 Å². The van der Waals surface area contributed by atoms with E-state index in [1.54, 1.807) is 35.2 Å². The molecule has 9 nitrogen and oxygen atoms in total. The van der Waals surface area contributed by atoms with Crippen molar-refractivity contribution in [2.24, 2.45) is 5.73 Å². The Hall–Kier alpha value is -3.49. The predicted octanol–water partition coefficient (Wildman–Crippen LogP) is 0.858. The first-order valence-electron chi connectivity index (χ1n) is 9.07. The standard InChI is InChI=1S/C19H19N5O4/c20-17(26)14-9-13(21-22-14)15-7-3-4-8-23(15)16(25)10-24-18(27)11-5-1-2-6-12(11)19(24)28/h1-2,5-6,9,15H,3-4,7-8,10H2,(H2,20,26)(H,21,22). The third kappa shape index (κ3) is 2.94. The molecule has 4 rings (SSSR count). The molecule has 0 radical (unpaired) electrons. The SMILES string of the molecule is NC(=O)c1cc(C2CCCCN2C(=O)CN2C(=O)c3ccccc3C2=O)[nH]n1. The number of hydrogen-bond acceptors (Lipinski definition) is 5. The average Bonchev–Trinajstić information content (AvgIpc) is 3.29. The lowest BCUT2D eigenvalue weighted by atomic mass is 9.99. The van der Waals surface area contributed by atoms with E-state index in [4.69, 9.17) is 5.73 Å². The Morgan fingerprint density at radius 3 is 2.43 bits per heavy atom. The highest BCUT2D eigenvalue weighted by Crippen LogP contribution is 2.31. The molecule has 28 heavy (non-hydrogen) atoms. The second-order valence-electron chi connectivity index (χ2n) is 6.91. The lowest BCUT2D eigenvalue weighted by Gasteiger charge is -2.35. The zero-order valence-electron chi connectivity index (χ0n) is 15.1. The Kier molecular flexibility index (Phi) is 4.42. The summed E-state index contributed by atoms with van der Waals surface area (Å²) < 4.78 is 0. The zero-order chi connectivity index (χ0) is 19.8. The van der Waals surface area contributed by atoms with Crippen molar-refractivity contribution < 1.29 is 19.2 Å². The van der Waals surface area contributed by atoms with Gasteiger partial charge in [0, 0.05) is 6.54 Å². The quantitative estimate of drug-likeness (QED) is 0.759. The van der Waals surface area contributed by atoms with Crippen molar-refractivity contribution in [3.8, 4) is 0 Å². The van der Waals surface area contributed by atoms with Crippen molar-refractivity contribution in [3.05, 3.63) is 52.8 Å². The highest BCUT2D eigenvalue weighted by atomic mass is 16.2. The molecule has 1 aromatic heterocycles. The van der Waals surface area contributed by atoms with Crippen molar-refractivity contribution in [2.75, 3.05) is 13.1 Å². The highest BCUT2D eigenvalue weighted by Gasteiger charge is 2.38. The first-order valence-corrected chi connectivity index (χ1v) is 9.07. The molecule has 0 aliphatic carbocycles. The molecular weight excluding hydrogens is 362 g/mol. The van der Waals surface area contributed by atoms with Crippen molar-refractivity contribution in [3.63, 3.8) is 0 Å². The van der Waals surface area contributed by atoms with E-state index in [2.05, 4.69) is 10.2 Å². The van der Waals surface area contributed by atoms with Gasteiger partial charge in [-0.15, -0.1) is 0 Å². The number of primary amides is 1. The van der Waals surface area contributed by atoms with E-state index in [0.717, 1.165) is 17.7 Å². The number of nitrogens with two attached hydrogens (primary N) is 1. The number of piperidine rings is 1. The normalized spacial score (nSPS) is 19.1. The minimum Gasteiger partial charge on any atom is -0.364 e. The maximum atomic E-state index is 13.0. The van der Waals surface area contributed by atoms with Crippen molar-refractivity contribution in [1.82, 2.24) is 20.0 Å². The van der Waals surface area contributed by atoms with Gasteiger partial charge in [-0.05, 0) is 37.5 Å². The maximum Gasteiger partial charge on any atom is 0.269 e. The Morgan fingerprint density at radius 2 is 1.82 bits per heavy atom. The number of carbonyl (C=O) groups is 4. The van der Waals surface area contributed by atoms with Crippen LogP contribution in [0.1, 0.15) is 62.2 Å². The number of fused-ring (bicyclic) bond motifs is 1. The summed E-state index contributed by atoms with van der Waals surface area (Å²) in [5, 5.41) is 6.66. The molecule has 3 N–H and O–H groups in total. The van der Waals surface area contributed by atoms with Gasteiger partial charge < -0.3 is 10.6 Å². The minimum atomic E-state index is -0.651. The van der Waals surface area contributed by atoms with Gasteiger partial charge in [0.15, 0.2) is 0 Å². The number of carbonyl (C=O) groups excluding carboxylic acids is 4. The first kappa shape index (κ1) is 17.9. The van der Waals surface area contributed by atoms with Crippen LogP contribution in [0.5, 0.6) is 0 Å². The van der Waals surface area contributed by atoms with Gasteiger partial charge in [0.1, 0.15) is 12.2 Å². The number of H-pyrrole nitrogens is 1. The van der Waals surface area contributed by atoms with Crippen LogP contribution in [0.25, 0.3) is 0 Å². The molecule has 1 fully saturated rings. The van der Waals surface area contributed by atoms with Gasteiger partial charge in [-0.1, -0.05) is 12.1 Å². The number of benzene rings is 1. The molecular formula is C19H19N5O4. The summed E-state index contributed by atoms with van der Waals surface area (Å²) in [5.74, 6) is -1.89. The molecule has 2 aromatic rings. The lowest BCUT2D eigenvalue weighted by molar-refractivity contribution is -0.135. The second-order valence-corrected chi connectivity index (χ2v) is 6.91. The first-order chi connectivity index (χ1) is 13.5. The summed E-state index contributed by atoms with van der Waals surface area (Å²) in [6.07, 6.45) is 2.42. The van der Waals surface area contributed by atoms with E-state index in [1.807, 2.05) is 0 Å². The fourth-order valence-corrected chi connectivity index (χ4v) is 3.80. The van der Waals surface area contributed by atoms with Crippen molar-refractivity contribution in [1.29, 1.82) is 0 Å². The lowest BCUT2D eigenvalue weighted by Crippen LogP contribution is -2.46. The molecule has 2 aliphatic heterocycles. The van der Waals surface area contributed by atoms with Gasteiger partial charge in [0.25, 0.3) is 17.7 Å². The van der Waals surface area contributed by atoms with Crippen LogP contribution in [0.3, 0.4) is 0 Å². The van der Waals surface area contributed by atoms with Crippen LogP contribution in [0.15, 0.2) is 30.3 Å². The summed E-state index contributed by atoms with van der Waals surface area (Å²) in [4.78, 5) is 51.9. The van der Waals surface area contributed by atoms with Gasteiger partial charge in [0.05, 0.1) is 22.9 Å². The van der Waals surface area contributed by atoms with Crippen LogP contribution in [0.2, 0.25) is 0 Å². The fraction of sp³-hybridized carbons (Fsp3) is 0.316. The maximum absolute atomic E-state index is 13.0. The average molecular weight is 381 g/mol. The zero-order valence-corrected chi connectivity index (χ0v) is 15.1. The van der Waals surface area contributed by atoms with Crippen LogP contribution >= 0.6 is 0 Å². The van der Waals surface area contributed by atoms with Gasteiger partial charge in [-0.3, -0.25) is 29.2 Å². The van der Waals surface area contributed by atoms with E-state index >= 15 is 0 Å². The summed E-state index contributed by atoms with van der Waals surface area (Å²) in [7, 11) is 0. The molecule has 0 spiro atoms. The molecule has 4 amide bonds. The molecule has 9 heteroatoms. The highest BCUT2D eigenvalue weighted by molar-refractivity contribution is 6.22. The van der Waals surface area contributed by atoms with E-state index < -0.39 is 17.7 Å². The fourth-order valence-electron chi connectivity index (χ4n) is 3.80. The topological polar surface area (TPSA) is 129 Å². The molecule has 3 heterocycles. The molecule has 1 saturated heterocycles. The van der Waals surface area contributed by atoms with Gasteiger partial charge in [0.2, 0.25) is 5.91 Å². The van der Waals surface area contributed by atoms with Gasteiger partial charge in [-0.25, -0.2) is 0 Å². The minimum absolute atomic E-state index is 0.105. The van der Waals surface area contributed by atoms with Crippen molar-refractivity contribution in [2.45, 2.75) is 25.3 Å². The third-order valence-corrected chi connectivity index (χ3v) is 5.20. The predicted molar refractivity (Wildman–Crippen MR) is 97.2 cm³/mol. The number of aromatic amines is 1. The molecule has 1 aromatic carbocycles. The number of rotatable bonds is 4. The Labute approximate surface area is 160 Å². The number of aromatic nitrogens is 2. The number of nitrogens with zero attached hydrogens (tertiary/aromatic N) is 3. The number of hydrogen-bond donors (Lipinski definition) is 2. The molecule has 1 atom stereocenters. The van der Waals surface area contributed by atoms with Crippen LogP contribution in [-0.2, 0) is 4.79 Å².